The molecule has 122 valence electrons. The fraction of sp³-hybridized carbons (Fsp3) is 0.316. The number of hydrogen-bond donors (Lipinski definition) is 2. The summed E-state index contributed by atoms with van der Waals surface area (Å²) in [7, 11) is 0. The zero-order valence-electron chi connectivity index (χ0n) is 13.7. The van der Waals surface area contributed by atoms with Gasteiger partial charge in [0.2, 0.25) is 0 Å². The van der Waals surface area contributed by atoms with Crippen LogP contribution in [0.3, 0.4) is 0 Å². The van der Waals surface area contributed by atoms with Crippen molar-refractivity contribution in [1.29, 1.82) is 0 Å². The summed E-state index contributed by atoms with van der Waals surface area (Å²) in [5.41, 5.74) is 5.90. The van der Waals surface area contributed by atoms with E-state index in [1.54, 1.807) is 12.1 Å². The van der Waals surface area contributed by atoms with Gasteiger partial charge in [0.15, 0.2) is 5.60 Å². The van der Waals surface area contributed by atoms with E-state index in [1.165, 1.54) is 6.92 Å². The van der Waals surface area contributed by atoms with Crippen molar-refractivity contribution >= 4 is 5.91 Å². The highest BCUT2D eigenvalue weighted by Crippen LogP contribution is 2.29. The van der Waals surface area contributed by atoms with Crippen molar-refractivity contribution in [2.75, 3.05) is 0 Å². The summed E-state index contributed by atoms with van der Waals surface area (Å²) in [6.07, 6.45) is 0. The third-order valence-corrected chi connectivity index (χ3v) is 3.95. The van der Waals surface area contributed by atoms with Gasteiger partial charge in [-0.05, 0) is 35.6 Å². The molecule has 2 aromatic rings. The van der Waals surface area contributed by atoms with Gasteiger partial charge in [0, 0.05) is 0 Å². The van der Waals surface area contributed by atoms with Gasteiger partial charge in [-0.1, -0.05) is 56.3 Å². The molecular weight excluding hydrogens is 290 g/mol. The number of amides is 1. The first-order chi connectivity index (χ1) is 10.8. The van der Waals surface area contributed by atoms with Crippen molar-refractivity contribution in [1.82, 2.24) is 0 Å². The average Bonchev–Trinajstić information content (AvgIpc) is 2.53. The van der Waals surface area contributed by atoms with Gasteiger partial charge in [-0.15, -0.1) is 0 Å². The molecule has 1 amide bonds. The SMILES string of the molecule is CC(C)c1ccccc1OCc1ccccc1C(C)(O)C(N)=O. The Morgan fingerprint density at radius 2 is 1.78 bits per heavy atom. The van der Waals surface area contributed by atoms with Gasteiger partial charge in [0.1, 0.15) is 12.4 Å². The van der Waals surface area contributed by atoms with Crippen molar-refractivity contribution in [3.8, 4) is 5.75 Å². The van der Waals surface area contributed by atoms with Gasteiger partial charge < -0.3 is 15.6 Å². The molecule has 1 unspecified atom stereocenters. The van der Waals surface area contributed by atoms with Crippen LogP contribution < -0.4 is 10.5 Å². The molecule has 4 nitrogen and oxygen atoms in total. The predicted octanol–water partition coefficient (Wildman–Crippen LogP) is 3.08. The Morgan fingerprint density at radius 1 is 1.17 bits per heavy atom. The highest BCUT2D eigenvalue weighted by Gasteiger charge is 2.32. The summed E-state index contributed by atoms with van der Waals surface area (Å²) in [5, 5.41) is 10.4. The van der Waals surface area contributed by atoms with Crippen molar-refractivity contribution in [2.45, 2.75) is 38.9 Å². The van der Waals surface area contributed by atoms with E-state index in [0.29, 0.717) is 11.5 Å². The maximum absolute atomic E-state index is 11.5. The molecule has 0 spiro atoms. The van der Waals surface area contributed by atoms with E-state index in [4.69, 9.17) is 10.5 Å². The highest BCUT2D eigenvalue weighted by molar-refractivity contribution is 5.84. The van der Waals surface area contributed by atoms with E-state index in [-0.39, 0.29) is 6.61 Å². The first-order valence-corrected chi connectivity index (χ1v) is 7.66. The second-order valence-electron chi connectivity index (χ2n) is 6.07. The van der Waals surface area contributed by atoms with Crippen LogP contribution in [0.5, 0.6) is 5.75 Å². The molecule has 0 aliphatic rings. The van der Waals surface area contributed by atoms with E-state index >= 15 is 0 Å². The molecule has 2 rings (SSSR count). The molecule has 0 saturated carbocycles. The summed E-state index contributed by atoms with van der Waals surface area (Å²) in [6, 6.07) is 15.0. The lowest BCUT2D eigenvalue weighted by Gasteiger charge is -2.23. The van der Waals surface area contributed by atoms with Crippen LogP contribution in [0, 0.1) is 0 Å². The van der Waals surface area contributed by atoms with Crippen LogP contribution in [0.4, 0.5) is 0 Å². The van der Waals surface area contributed by atoms with E-state index in [1.807, 2.05) is 36.4 Å². The number of para-hydroxylation sites is 1. The number of carbonyl (C=O) groups excluding carboxylic acids is 1. The molecule has 1 atom stereocenters. The third-order valence-electron chi connectivity index (χ3n) is 3.95. The fourth-order valence-corrected chi connectivity index (χ4v) is 2.50. The van der Waals surface area contributed by atoms with E-state index in [0.717, 1.165) is 16.9 Å². The number of rotatable bonds is 6. The predicted molar refractivity (Wildman–Crippen MR) is 90.1 cm³/mol. The lowest BCUT2D eigenvalue weighted by molar-refractivity contribution is -0.135. The molecular formula is C19H23NO3. The first-order valence-electron chi connectivity index (χ1n) is 7.66. The summed E-state index contributed by atoms with van der Waals surface area (Å²) < 4.78 is 5.94. The monoisotopic (exact) mass is 313 g/mol. The Morgan fingerprint density at radius 3 is 2.43 bits per heavy atom. The summed E-state index contributed by atoms with van der Waals surface area (Å²) in [5.74, 6) is 0.360. The molecule has 0 radical (unpaired) electrons. The number of hydrogen-bond acceptors (Lipinski definition) is 3. The zero-order valence-corrected chi connectivity index (χ0v) is 13.7. The van der Waals surface area contributed by atoms with Gasteiger partial charge in [0.05, 0.1) is 0 Å². The van der Waals surface area contributed by atoms with Crippen LogP contribution in [-0.2, 0) is 17.0 Å². The molecule has 0 aromatic heterocycles. The Hall–Kier alpha value is -2.33. The topological polar surface area (TPSA) is 72.6 Å². The summed E-state index contributed by atoms with van der Waals surface area (Å²) in [4.78, 5) is 11.5. The molecule has 0 fully saturated rings. The number of ether oxygens (including phenoxy) is 1. The maximum Gasteiger partial charge on any atom is 0.253 e. The Labute approximate surface area is 136 Å². The molecule has 23 heavy (non-hydrogen) atoms. The minimum atomic E-state index is -1.72. The molecule has 3 N–H and O–H groups in total. The highest BCUT2D eigenvalue weighted by atomic mass is 16.5. The van der Waals surface area contributed by atoms with Crippen molar-refractivity contribution in [3.05, 3.63) is 65.2 Å². The number of nitrogens with two attached hydrogens (primary N) is 1. The zero-order chi connectivity index (χ0) is 17.0. The lowest BCUT2D eigenvalue weighted by Crippen LogP contribution is -2.39. The standard InChI is InChI=1S/C19H23NO3/c1-13(2)15-9-5-7-11-17(15)23-12-14-8-4-6-10-16(14)19(3,22)18(20)21/h4-11,13,22H,12H2,1-3H3,(H2,20,21). The van der Waals surface area contributed by atoms with Crippen LogP contribution in [0.1, 0.15) is 43.4 Å². The molecule has 0 saturated heterocycles. The number of carbonyl (C=O) groups is 1. The normalized spacial score (nSPS) is 13.6. The summed E-state index contributed by atoms with van der Waals surface area (Å²) in [6.45, 7) is 5.86. The molecule has 0 bridgehead atoms. The largest absolute Gasteiger partial charge is 0.489 e. The van der Waals surface area contributed by atoms with Crippen LogP contribution >= 0.6 is 0 Å². The van der Waals surface area contributed by atoms with Gasteiger partial charge in [-0.2, -0.15) is 0 Å². The quantitative estimate of drug-likeness (QED) is 0.861. The van der Waals surface area contributed by atoms with Gasteiger partial charge in [0.25, 0.3) is 5.91 Å². The molecule has 4 heteroatoms. The van der Waals surface area contributed by atoms with Crippen molar-refractivity contribution in [3.63, 3.8) is 0 Å². The molecule has 2 aromatic carbocycles. The number of benzene rings is 2. The van der Waals surface area contributed by atoms with Crippen molar-refractivity contribution in [2.24, 2.45) is 5.73 Å². The smallest absolute Gasteiger partial charge is 0.253 e. The first kappa shape index (κ1) is 17.0. The number of aliphatic hydroxyl groups is 1. The molecule has 0 aliphatic carbocycles. The minimum absolute atomic E-state index is 0.253. The number of primary amides is 1. The Bertz CT molecular complexity index is 693. The van der Waals surface area contributed by atoms with Gasteiger partial charge in [-0.3, -0.25) is 4.79 Å². The lowest BCUT2D eigenvalue weighted by atomic mass is 9.91. The Balaban J connectivity index is 2.28. The maximum atomic E-state index is 11.5. The Kier molecular flexibility index (Phi) is 5.06. The second kappa shape index (κ2) is 6.84. The minimum Gasteiger partial charge on any atom is -0.489 e. The second-order valence-corrected chi connectivity index (χ2v) is 6.07. The third kappa shape index (κ3) is 3.71. The van der Waals surface area contributed by atoms with E-state index in [9.17, 15) is 9.90 Å². The fourth-order valence-electron chi connectivity index (χ4n) is 2.50. The van der Waals surface area contributed by atoms with Crippen LogP contribution in [0.25, 0.3) is 0 Å². The van der Waals surface area contributed by atoms with Crippen LogP contribution in [0.15, 0.2) is 48.5 Å². The average molecular weight is 313 g/mol. The summed E-state index contributed by atoms with van der Waals surface area (Å²) >= 11 is 0. The van der Waals surface area contributed by atoms with Crippen molar-refractivity contribution < 1.29 is 14.6 Å². The molecule has 0 aliphatic heterocycles. The molecule has 0 heterocycles. The van der Waals surface area contributed by atoms with E-state index in [2.05, 4.69) is 13.8 Å². The van der Waals surface area contributed by atoms with Crippen LogP contribution in [0.2, 0.25) is 0 Å². The van der Waals surface area contributed by atoms with Crippen LogP contribution in [-0.4, -0.2) is 11.0 Å². The van der Waals surface area contributed by atoms with E-state index < -0.39 is 11.5 Å². The van der Waals surface area contributed by atoms with Gasteiger partial charge in [-0.25, -0.2) is 0 Å². The van der Waals surface area contributed by atoms with Gasteiger partial charge >= 0.3 is 0 Å².